The first-order chi connectivity index (χ1) is 8.59. The molecule has 0 fully saturated rings. The average molecular weight is 248 g/mol. The van der Waals surface area contributed by atoms with Gasteiger partial charge in [-0.15, -0.1) is 0 Å². The lowest BCUT2D eigenvalue weighted by Gasteiger charge is -2.03. The maximum Gasteiger partial charge on any atom is 0.230 e. The molecule has 0 aliphatic heterocycles. The Morgan fingerprint density at radius 1 is 0.889 bits per heavy atom. The van der Waals surface area contributed by atoms with Gasteiger partial charge >= 0.3 is 0 Å². The molecule has 0 N–H and O–H groups in total. The molecule has 1 rings (SSSR count). The second-order valence-corrected chi connectivity index (χ2v) is 3.52. The first kappa shape index (κ1) is 13.6. The van der Waals surface area contributed by atoms with Gasteiger partial charge in [0, 0.05) is 0 Å². The highest BCUT2D eigenvalue weighted by Crippen LogP contribution is 2.11. The summed E-state index contributed by atoms with van der Waals surface area (Å²) in [4.78, 5) is 19.3. The van der Waals surface area contributed by atoms with Gasteiger partial charge in [-0.1, -0.05) is 24.3 Å². The van der Waals surface area contributed by atoms with Crippen molar-refractivity contribution in [3.05, 3.63) is 80.2 Å². The minimum Gasteiger partial charge on any atom is -0.259 e. The van der Waals surface area contributed by atoms with Gasteiger partial charge in [0.15, 0.2) is 0 Å². The zero-order chi connectivity index (χ0) is 13.4. The molecule has 0 aromatic heterocycles. The quantitative estimate of drug-likeness (QED) is 0.571. The molecule has 0 atom stereocenters. The van der Waals surface area contributed by atoms with E-state index in [2.05, 4.69) is 0 Å². The van der Waals surface area contributed by atoms with Gasteiger partial charge < -0.3 is 0 Å². The Hall–Kier alpha value is -2.50. The SMILES string of the molecule is O=[N+]([O-])C=CCc1ccccc1CC=C[N+](=O)[O-]. The average Bonchev–Trinajstić information content (AvgIpc) is 2.30. The van der Waals surface area contributed by atoms with Crippen LogP contribution >= 0.6 is 0 Å². The monoisotopic (exact) mass is 248 g/mol. The van der Waals surface area contributed by atoms with Crippen LogP contribution < -0.4 is 0 Å². The van der Waals surface area contributed by atoms with Crippen molar-refractivity contribution in [3.8, 4) is 0 Å². The van der Waals surface area contributed by atoms with Crippen LogP contribution in [0.15, 0.2) is 48.8 Å². The number of hydrogen-bond acceptors (Lipinski definition) is 4. The van der Waals surface area contributed by atoms with Crippen LogP contribution in [-0.4, -0.2) is 9.85 Å². The maximum absolute atomic E-state index is 10.2. The van der Waals surface area contributed by atoms with Crippen molar-refractivity contribution >= 4 is 0 Å². The van der Waals surface area contributed by atoms with E-state index in [-0.39, 0.29) is 0 Å². The summed E-state index contributed by atoms with van der Waals surface area (Å²) < 4.78 is 0. The van der Waals surface area contributed by atoms with Crippen LogP contribution in [0, 0.1) is 20.2 Å². The molecule has 0 saturated heterocycles. The highest BCUT2D eigenvalue weighted by molar-refractivity contribution is 5.30. The minimum absolute atomic E-state index is 0.434. The minimum atomic E-state index is -0.519. The van der Waals surface area contributed by atoms with Crippen molar-refractivity contribution < 1.29 is 9.85 Å². The van der Waals surface area contributed by atoms with Gasteiger partial charge in [-0.05, 0) is 36.1 Å². The van der Waals surface area contributed by atoms with Crippen LogP contribution in [0.25, 0.3) is 0 Å². The summed E-state index contributed by atoms with van der Waals surface area (Å²) in [5, 5.41) is 20.3. The summed E-state index contributed by atoms with van der Waals surface area (Å²) >= 11 is 0. The van der Waals surface area contributed by atoms with E-state index in [1.54, 1.807) is 0 Å². The molecule has 0 amide bonds. The standard InChI is InChI=1S/C12H12N2O4/c15-13(16)9-3-7-11-5-1-2-6-12(11)8-4-10-14(17)18/h1-6,9-10H,7-8H2. The molecule has 1 aromatic rings. The van der Waals surface area contributed by atoms with Gasteiger partial charge in [0.1, 0.15) is 0 Å². The Kier molecular flexibility index (Phi) is 5.24. The van der Waals surface area contributed by atoms with Gasteiger partial charge in [0.05, 0.1) is 9.85 Å². The van der Waals surface area contributed by atoms with Crippen LogP contribution in [0.4, 0.5) is 0 Å². The summed E-state index contributed by atoms with van der Waals surface area (Å²) in [6, 6.07) is 7.35. The fourth-order valence-electron chi connectivity index (χ4n) is 1.49. The summed E-state index contributed by atoms with van der Waals surface area (Å²) in [6.07, 6.45) is 5.56. The summed E-state index contributed by atoms with van der Waals surface area (Å²) in [5.41, 5.74) is 1.84. The Morgan fingerprint density at radius 2 is 1.28 bits per heavy atom. The third kappa shape index (κ3) is 5.02. The second kappa shape index (κ2) is 6.95. The summed E-state index contributed by atoms with van der Waals surface area (Å²) in [5.74, 6) is 0. The van der Waals surface area contributed by atoms with Crippen LogP contribution in [0.3, 0.4) is 0 Å². The molecule has 1 aromatic carbocycles. The molecule has 0 spiro atoms. The molecule has 6 nitrogen and oxygen atoms in total. The van der Waals surface area contributed by atoms with Crippen molar-refractivity contribution in [1.29, 1.82) is 0 Å². The molecular weight excluding hydrogens is 236 g/mol. The number of rotatable bonds is 6. The number of benzene rings is 1. The topological polar surface area (TPSA) is 86.3 Å². The van der Waals surface area contributed by atoms with E-state index in [1.165, 1.54) is 12.2 Å². The van der Waals surface area contributed by atoms with Crippen molar-refractivity contribution in [2.75, 3.05) is 0 Å². The maximum atomic E-state index is 10.2. The number of hydrogen-bond donors (Lipinski definition) is 0. The first-order valence-corrected chi connectivity index (χ1v) is 5.26. The number of allylic oxidation sites excluding steroid dienone is 2. The van der Waals surface area contributed by atoms with E-state index < -0.39 is 9.85 Å². The molecule has 18 heavy (non-hydrogen) atoms. The number of nitro groups is 2. The second-order valence-electron chi connectivity index (χ2n) is 3.52. The Balaban J connectivity index is 2.73. The van der Waals surface area contributed by atoms with Crippen molar-refractivity contribution in [3.63, 3.8) is 0 Å². The van der Waals surface area contributed by atoms with Gasteiger partial charge in [0.25, 0.3) is 0 Å². The zero-order valence-corrected chi connectivity index (χ0v) is 9.56. The Labute approximate surface area is 104 Å². The third-order valence-electron chi connectivity index (χ3n) is 2.25. The lowest BCUT2D eigenvalue weighted by atomic mass is 10.0. The highest BCUT2D eigenvalue weighted by Gasteiger charge is 1.99. The van der Waals surface area contributed by atoms with E-state index in [0.717, 1.165) is 23.5 Å². The lowest BCUT2D eigenvalue weighted by Crippen LogP contribution is -1.93. The van der Waals surface area contributed by atoms with Crippen molar-refractivity contribution in [2.45, 2.75) is 12.8 Å². The van der Waals surface area contributed by atoms with Gasteiger partial charge in [-0.3, -0.25) is 20.2 Å². The van der Waals surface area contributed by atoms with Crippen molar-refractivity contribution in [2.24, 2.45) is 0 Å². The summed E-state index contributed by atoms with van der Waals surface area (Å²) in [6.45, 7) is 0. The van der Waals surface area contributed by atoms with Gasteiger partial charge in [-0.2, -0.15) is 0 Å². The lowest BCUT2D eigenvalue weighted by molar-refractivity contribution is -0.402. The molecule has 0 bridgehead atoms. The van der Waals surface area contributed by atoms with Crippen LogP contribution in [0.5, 0.6) is 0 Å². The van der Waals surface area contributed by atoms with Crippen LogP contribution in [0.1, 0.15) is 11.1 Å². The van der Waals surface area contributed by atoms with Crippen LogP contribution in [0.2, 0.25) is 0 Å². The zero-order valence-electron chi connectivity index (χ0n) is 9.56. The fourth-order valence-corrected chi connectivity index (χ4v) is 1.49. The molecule has 0 radical (unpaired) electrons. The molecule has 0 heterocycles. The molecule has 6 heteroatoms. The fraction of sp³-hybridized carbons (Fsp3) is 0.167. The van der Waals surface area contributed by atoms with Crippen molar-refractivity contribution in [1.82, 2.24) is 0 Å². The molecule has 0 unspecified atom stereocenters. The summed E-state index contributed by atoms with van der Waals surface area (Å²) in [7, 11) is 0. The predicted octanol–water partition coefficient (Wildman–Crippen LogP) is 2.35. The molecule has 0 saturated carbocycles. The van der Waals surface area contributed by atoms with E-state index in [4.69, 9.17) is 0 Å². The van der Waals surface area contributed by atoms with E-state index in [0.29, 0.717) is 12.8 Å². The van der Waals surface area contributed by atoms with Gasteiger partial charge in [-0.25, -0.2) is 0 Å². The van der Waals surface area contributed by atoms with E-state index in [1.807, 2.05) is 24.3 Å². The smallest absolute Gasteiger partial charge is 0.230 e. The number of nitrogens with zero attached hydrogens (tertiary/aromatic N) is 2. The molecule has 0 aliphatic carbocycles. The predicted molar refractivity (Wildman–Crippen MR) is 66.1 cm³/mol. The third-order valence-corrected chi connectivity index (χ3v) is 2.25. The Bertz CT molecular complexity index is 450. The van der Waals surface area contributed by atoms with E-state index in [9.17, 15) is 20.2 Å². The van der Waals surface area contributed by atoms with Crippen LogP contribution in [-0.2, 0) is 12.8 Å². The Morgan fingerprint density at radius 3 is 1.61 bits per heavy atom. The van der Waals surface area contributed by atoms with E-state index >= 15 is 0 Å². The first-order valence-electron chi connectivity index (χ1n) is 5.26. The van der Waals surface area contributed by atoms with Gasteiger partial charge in [0.2, 0.25) is 12.4 Å². The molecule has 94 valence electrons. The molecular formula is C12H12N2O4. The highest BCUT2D eigenvalue weighted by atomic mass is 16.6. The largest absolute Gasteiger partial charge is 0.259 e. The molecule has 0 aliphatic rings. The normalized spacial score (nSPS) is 11.1.